The van der Waals surface area contributed by atoms with E-state index in [4.69, 9.17) is 0 Å². The van der Waals surface area contributed by atoms with E-state index in [9.17, 15) is 8.42 Å². The Morgan fingerprint density at radius 2 is 0.826 bits per heavy atom. The highest BCUT2D eigenvalue weighted by Crippen LogP contribution is 2.37. The molecule has 0 aromatic heterocycles. The number of sulfone groups is 1. The summed E-state index contributed by atoms with van der Waals surface area (Å²) < 4.78 is 28.2. The molecule has 0 saturated carbocycles. The van der Waals surface area contributed by atoms with Crippen molar-refractivity contribution in [1.29, 1.82) is 0 Å². The maximum atomic E-state index is 14.1. The van der Waals surface area contributed by atoms with Gasteiger partial charge in [-0.1, -0.05) is 152 Å². The molecule has 6 aromatic rings. The second-order valence-corrected chi connectivity index (χ2v) is 18.3. The van der Waals surface area contributed by atoms with Crippen LogP contribution in [-0.4, -0.2) is 8.42 Å². The Balaban J connectivity index is 1.33. The number of rotatable bonds is 6. The molecule has 0 fully saturated rings. The monoisotopic (exact) mass is 654 g/mol. The van der Waals surface area contributed by atoms with E-state index in [1.54, 1.807) is 0 Å². The van der Waals surface area contributed by atoms with Gasteiger partial charge in [-0.2, -0.15) is 0 Å². The summed E-state index contributed by atoms with van der Waals surface area (Å²) in [5.41, 5.74) is 4.35. The lowest BCUT2D eigenvalue weighted by molar-refractivity contribution is 0.594. The van der Waals surface area contributed by atoms with Crippen LogP contribution in [0.15, 0.2) is 158 Å². The van der Waals surface area contributed by atoms with Crippen molar-refractivity contribution >= 4 is 57.5 Å². The van der Waals surface area contributed by atoms with Crippen molar-refractivity contribution in [3.05, 3.63) is 180 Å². The van der Waals surface area contributed by atoms with Gasteiger partial charge in [0, 0.05) is 0 Å². The van der Waals surface area contributed by atoms with Gasteiger partial charge in [0.15, 0.2) is 9.84 Å². The molecule has 0 saturated heterocycles. The molecule has 0 radical (unpaired) electrons. The lowest BCUT2D eigenvalue weighted by Gasteiger charge is -2.25. The molecule has 0 aliphatic carbocycles. The van der Waals surface area contributed by atoms with E-state index in [-0.39, 0.29) is 11.5 Å². The fourth-order valence-electron chi connectivity index (χ4n) is 6.40. The molecule has 0 spiro atoms. The van der Waals surface area contributed by atoms with Gasteiger partial charge in [-0.15, -0.1) is 0 Å². The van der Waals surface area contributed by atoms with Gasteiger partial charge in [-0.3, -0.25) is 0 Å². The minimum Gasteiger partial charge on any atom is -0.228 e. The second-order valence-electron chi connectivity index (χ2n) is 11.8. The van der Waals surface area contributed by atoms with Crippen molar-refractivity contribution in [3.63, 3.8) is 0 Å². The van der Waals surface area contributed by atoms with Crippen molar-refractivity contribution in [3.8, 4) is 0 Å². The molecule has 4 aliphatic rings. The minimum absolute atomic E-state index is 0.0167. The molecule has 5 heteroatoms. The summed E-state index contributed by atoms with van der Waals surface area (Å²) >= 11 is 0. The van der Waals surface area contributed by atoms with Crippen LogP contribution in [0.5, 0.6) is 0 Å². The van der Waals surface area contributed by atoms with Crippen molar-refractivity contribution in [1.82, 2.24) is 0 Å². The second kappa shape index (κ2) is 13.9. The Kier molecular flexibility index (Phi) is 9.27. The molecule has 228 valence electrons. The maximum absolute atomic E-state index is 14.1. The summed E-state index contributed by atoms with van der Waals surface area (Å²) in [6.45, 7) is 0. The number of aryl methyl sites for hydroxylation is 2. The fraction of sp³-hybridized carbons (Fsp3) is 0.122. The van der Waals surface area contributed by atoms with Gasteiger partial charge < -0.3 is 0 Å². The van der Waals surface area contributed by atoms with Crippen LogP contribution in [0.3, 0.4) is 0 Å². The molecule has 2 nitrogen and oxygen atoms in total. The average molecular weight is 655 g/mol. The Morgan fingerprint density at radius 1 is 0.413 bits per heavy atom. The molecule has 4 bridgehead atoms. The van der Waals surface area contributed by atoms with E-state index in [0.717, 1.165) is 35.7 Å². The average Bonchev–Trinajstić information content (AvgIpc) is 3.08. The molecule has 6 aromatic carbocycles. The Bertz CT molecular complexity index is 1950. The van der Waals surface area contributed by atoms with Crippen LogP contribution in [-0.2, 0) is 34.2 Å². The van der Waals surface area contributed by atoms with E-state index in [1.165, 1.54) is 37.6 Å². The van der Waals surface area contributed by atoms with Crippen molar-refractivity contribution < 1.29 is 8.42 Å². The third kappa shape index (κ3) is 6.93. The molecule has 0 N–H and O–H groups in total. The number of hydrogen-bond donors (Lipinski definition) is 0. The summed E-state index contributed by atoms with van der Waals surface area (Å²) in [5.74, 6) is 0.0349. The summed E-state index contributed by atoms with van der Waals surface area (Å²) in [4.78, 5) is 0. The minimum atomic E-state index is -3.48. The standard InChI is InChI=1S/C41H36O2P2S/c42-46(43)30-33-25-26-34(40(29-33)44(36-16-5-1-6-17-36)37-18-7-2-8-19-37)15-13-14-32-24-27-35(31-46)41(28-32)45(38-20-9-3-10-21-38)39-22-11-4-12-23-39/h1-12,16-29H,13-15,30-31H2. The zero-order valence-corrected chi connectivity index (χ0v) is 28.3. The fourth-order valence-corrected chi connectivity index (χ4v) is 13.1. The van der Waals surface area contributed by atoms with Gasteiger partial charge in [0.1, 0.15) is 0 Å². The lowest BCUT2D eigenvalue weighted by Crippen LogP contribution is -2.26. The smallest absolute Gasteiger partial charge is 0.158 e. The molecule has 4 heterocycles. The lowest BCUT2D eigenvalue weighted by atomic mass is 10.0. The van der Waals surface area contributed by atoms with Crippen LogP contribution < -0.4 is 31.8 Å². The van der Waals surface area contributed by atoms with Gasteiger partial charge in [0.25, 0.3) is 0 Å². The third-order valence-corrected chi connectivity index (χ3v) is 15.1. The first kappa shape index (κ1) is 30.8. The first-order valence-corrected chi connectivity index (χ1v) is 20.3. The van der Waals surface area contributed by atoms with Gasteiger partial charge in [-0.05, 0) is 95.3 Å². The molecule has 0 unspecified atom stereocenters. The summed E-state index contributed by atoms with van der Waals surface area (Å²) in [7, 11) is -5.24. The Morgan fingerprint density at radius 3 is 1.33 bits per heavy atom. The zero-order valence-electron chi connectivity index (χ0n) is 25.7. The molecule has 0 amide bonds. The number of benzene rings is 6. The van der Waals surface area contributed by atoms with Gasteiger partial charge in [-0.25, -0.2) is 8.42 Å². The first-order chi connectivity index (χ1) is 22.5. The quantitative estimate of drug-likeness (QED) is 0.185. The maximum Gasteiger partial charge on any atom is 0.158 e. The molecule has 10 rings (SSSR count). The normalized spacial score (nSPS) is 14.4. The Hall–Kier alpha value is -3.87. The predicted octanol–water partition coefficient (Wildman–Crippen LogP) is 6.81. The topological polar surface area (TPSA) is 34.1 Å². The Labute approximate surface area is 275 Å². The number of hydrogen-bond acceptors (Lipinski definition) is 2. The van der Waals surface area contributed by atoms with E-state index in [0.29, 0.717) is 0 Å². The first-order valence-electron chi connectivity index (χ1n) is 15.8. The van der Waals surface area contributed by atoms with Crippen LogP contribution in [0.4, 0.5) is 0 Å². The van der Waals surface area contributed by atoms with Gasteiger partial charge in [0.2, 0.25) is 0 Å². The van der Waals surface area contributed by atoms with E-state index in [2.05, 4.69) is 146 Å². The van der Waals surface area contributed by atoms with Crippen LogP contribution in [0, 0.1) is 0 Å². The predicted molar refractivity (Wildman–Crippen MR) is 199 cm³/mol. The van der Waals surface area contributed by atoms with Crippen molar-refractivity contribution in [2.45, 2.75) is 30.8 Å². The highest BCUT2D eigenvalue weighted by molar-refractivity contribution is 7.90. The van der Waals surface area contributed by atoms with Crippen LogP contribution in [0.1, 0.15) is 28.7 Å². The molecular formula is C41H36O2P2S. The van der Waals surface area contributed by atoms with E-state index >= 15 is 0 Å². The highest BCUT2D eigenvalue weighted by atomic mass is 32.2. The molecule has 4 aliphatic heterocycles. The van der Waals surface area contributed by atoms with E-state index < -0.39 is 25.7 Å². The largest absolute Gasteiger partial charge is 0.228 e. The third-order valence-electron chi connectivity index (χ3n) is 8.51. The van der Waals surface area contributed by atoms with Crippen LogP contribution >= 0.6 is 15.8 Å². The van der Waals surface area contributed by atoms with Crippen LogP contribution in [0.2, 0.25) is 0 Å². The van der Waals surface area contributed by atoms with Gasteiger partial charge in [0.05, 0.1) is 11.5 Å². The summed E-state index contributed by atoms with van der Waals surface area (Å²) in [6, 6.07) is 55.6. The zero-order chi connectivity index (χ0) is 31.3. The summed E-state index contributed by atoms with van der Waals surface area (Å²) in [5, 5.41) is 7.44. The highest BCUT2D eigenvalue weighted by Gasteiger charge is 2.25. The van der Waals surface area contributed by atoms with E-state index in [1.807, 2.05) is 12.1 Å². The van der Waals surface area contributed by atoms with Crippen LogP contribution in [0.25, 0.3) is 0 Å². The SMILES string of the molecule is O=S1(=O)Cc2ccc(c(P(c3ccccc3)c3ccccc3)c2)CCCc2ccc(c(P(c3ccccc3)c3ccccc3)c2)C1. The van der Waals surface area contributed by atoms with Crippen molar-refractivity contribution in [2.75, 3.05) is 0 Å². The molecular weight excluding hydrogens is 618 g/mol. The molecule has 0 atom stereocenters. The molecule has 46 heavy (non-hydrogen) atoms. The summed E-state index contributed by atoms with van der Waals surface area (Å²) in [6.07, 6.45) is 2.89. The van der Waals surface area contributed by atoms with Crippen molar-refractivity contribution in [2.24, 2.45) is 0 Å². The van der Waals surface area contributed by atoms with Gasteiger partial charge >= 0.3 is 0 Å².